The van der Waals surface area contributed by atoms with Gasteiger partial charge in [-0.15, -0.1) is 6.58 Å². The minimum atomic E-state index is -0.507. The van der Waals surface area contributed by atoms with Gasteiger partial charge in [-0.1, -0.05) is 35.9 Å². The Morgan fingerprint density at radius 2 is 2.05 bits per heavy atom. The van der Waals surface area contributed by atoms with E-state index in [1.807, 2.05) is 0 Å². The molecule has 4 nitrogen and oxygen atoms in total. The zero-order chi connectivity index (χ0) is 15.5. The molecule has 21 heavy (non-hydrogen) atoms. The Balaban J connectivity index is 2.49. The average Bonchev–Trinajstić information content (AvgIpc) is 2.47. The van der Waals surface area contributed by atoms with Gasteiger partial charge in [0.15, 0.2) is 0 Å². The third-order valence-corrected chi connectivity index (χ3v) is 3.15. The highest BCUT2D eigenvalue weighted by molar-refractivity contribution is 5.21. The molecule has 0 amide bonds. The zero-order valence-electron chi connectivity index (χ0n) is 13.1. The van der Waals surface area contributed by atoms with E-state index in [0.717, 1.165) is 13.1 Å². The SMILES string of the molecule is C=CCOCC(O)CN(CCOC)Cc1ccc(C)cc1. The Labute approximate surface area is 128 Å². The van der Waals surface area contributed by atoms with Crippen molar-refractivity contribution in [2.75, 3.05) is 40.0 Å². The van der Waals surface area contributed by atoms with Crippen molar-refractivity contribution in [2.24, 2.45) is 0 Å². The smallest absolute Gasteiger partial charge is 0.0900 e. The van der Waals surface area contributed by atoms with E-state index >= 15 is 0 Å². The van der Waals surface area contributed by atoms with Crippen molar-refractivity contribution in [1.82, 2.24) is 4.90 Å². The van der Waals surface area contributed by atoms with Crippen LogP contribution in [-0.4, -0.2) is 56.1 Å². The summed E-state index contributed by atoms with van der Waals surface area (Å²) in [5, 5.41) is 10.0. The molecule has 0 heterocycles. The van der Waals surface area contributed by atoms with Gasteiger partial charge < -0.3 is 14.6 Å². The molecule has 1 aromatic rings. The summed E-state index contributed by atoms with van der Waals surface area (Å²) < 4.78 is 10.4. The predicted octanol–water partition coefficient (Wildman–Crippen LogP) is 2.01. The van der Waals surface area contributed by atoms with Gasteiger partial charge in [0.2, 0.25) is 0 Å². The van der Waals surface area contributed by atoms with E-state index in [1.165, 1.54) is 11.1 Å². The van der Waals surface area contributed by atoms with Crippen LogP contribution in [0.1, 0.15) is 11.1 Å². The van der Waals surface area contributed by atoms with E-state index < -0.39 is 6.10 Å². The summed E-state index contributed by atoms with van der Waals surface area (Å²) in [5.74, 6) is 0. The third kappa shape index (κ3) is 7.97. The molecule has 0 aliphatic carbocycles. The van der Waals surface area contributed by atoms with Crippen LogP contribution in [0.25, 0.3) is 0 Å². The molecule has 0 saturated heterocycles. The first-order valence-corrected chi connectivity index (χ1v) is 7.29. The van der Waals surface area contributed by atoms with Crippen LogP contribution in [0.3, 0.4) is 0 Å². The number of ether oxygens (including phenoxy) is 2. The van der Waals surface area contributed by atoms with Gasteiger partial charge in [-0.25, -0.2) is 0 Å². The zero-order valence-corrected chi connectivity index (χ0v) is 13.1. The van der Waals surface area contributed by atoms with Crippen molar-refractivity contribution in [3.63, 3.8) is 0 Å². The number of nitrogens with zero attached hydrogens (tertiary/aromatic N) is 1. The van der Waals surface area contributed by atoms with E-state index in [1.54, 1.807) is 13.2 Å². The third-order valence-electron chi connectivity index (χ3n) is 3.15. The number of benzene rings is 1. The fourth-order valence-electron chi connectivity index (χ4n) is 2.05. The first-order valence-electron chi connectivity index (χ1n) is 7.29. The van der Waals surface area contributed by atoms with E-state index in [0.29, 0.717) is 26.4 Å². The number of methoxy groups -OCH3 is 1. The van der Waals surface area contributed by atoms with Gasteiger partial charge in [0.05, 0.1) is 25.9 Å². The molecule has 0 bridgehead atoms. The fourth-order valence-corrected chi connectivity index (χ4v) is 2.05. The van der Waals surface area contributed by atoms with Crippen LogP contribution < -0.4 is 0 Å². The number of rotatable bonds is 11. The Kier molecular flexibility index (Phi) is 8.94. The lowest BCUT2D eigenvalue weighted by molar-refractivity contribution is 0.0194. The van der Waals surface area contributed by atoms with Crippen molar-refractivity contribution in [3.05, 3.63) is 48.0 Å². The molecular weight excluding hydrogens is 266 g/mol. The number of aliphatic hydroxyl groups excluding tert-OH is 1. The molecular formula is C17H27NO3. The highest BCUT2D eigenvalue weighted by atomic mass is 16.5. The van der Waals surface area contributed by atoms with Crippen LogP contribution in [0.2, 0.25) is 0 Å². The highest BCUT2D eigenvalue weighted by Gasteiger charge is 2.12. The van der Waals surface area contributed by atoms with Gasteiger partial charge in [-0.3, -0.25) is 4.90 Å². The molecule has 0 radical (unpaired) electrons. The molecule has 0 aliphatic rings. The number of aryl methyl sites for hydroxylation is 1. The van der Waals surface area contributed by atoms with Gasteiger partial charge >= 0.3 is 0 Å². The number of aliphatic hydroxyl groups is 1. The molecule has 0 aliphatic heterocycles. The Morgan fingerprint density at radius 3 is 2.67 bits per heavy atom. The average molecular weight is 293 g/mol. The summed E-state index contributed by atoms with van der Waals surface area (Å²) >= 11 is 0. The Hall–Kier alpha value is -1.20. The van der Waals surface area contributed by atoms with E-state index in [9.17, 15) is 5.11 Å². The molecule has 1 atom stereocenters. The van der Waals surface area contributed by atoms with Crippen molar-refractivity contribution < 1.29 is 14.6 Å². The second-order valence-corrected chi connectivity index (χ2v) is 5.19. The molecule has 1 rings (SSSR count). The first kappa shape index (κ1) is 17.9. The molecule has 0 aromatic heterocycles. The minimum Gasteiger partial charge on any atom is -0.389 e. The van der Waals surface area contributed by atoms with Crippen LogP contribution in [0.15, 0.2) is 36.9 Å². The molecule has 1 unspecified atom stereocenters. The first-order chi connectivity index (χ1) is 10.2. The quantitative estimate of drug-likeness (QED) is 0.500. The number of hydrogen-bond donors (Lipinski definition) is 1. The lowest BCUT2D eigenvalue weighted by Gasteiger charge is -2.25. The molecule has 0 spiro atoms. The maximum absolute atomic E-state index is 10.0. The maximum atomic E-state index is 10.0. The monoisotopic (exact) mass is 293 g/mol. The van der Waals surface area contributed by atoms with Crippen LogP contribution in [0.5, 0.6) is 0 Å². The van der Waals surface area contributed by atoms with Gasteiger partial charge in [0.1, 0.15) is 0 Å². The molecule has 0 fully saturated rings. The molecule has 0 saturated carbocycles. The van der Waals surface area contributed by atoms with E-state index in [4.69, 9.17) is 9.47 Å². The van der Waals surface area contributed by atoms with Crippen molar-refractivity contribution in [3.8, 4) is 0 Å². The predicted molar refractivity (Wildman–Crippen MR) is 85.4 cm³/mol. The second-order valence-electron chi connectivity index (χ2n) is 5.19. The normalized spacial score (nSPS) is 12.6. The van der Waals surface area contributed by atoms with Gasteiger partial charge in [-0.2, -0.15) is 0 Å². The van der Waals surface area contributed by atoms with Crippen LogP contribution in [0, 0.1) is 6.92 Å². The van der Waals surface area contributed by atoms with Crippen LogP contribution >= 0.6 is 0 Å². The summed E-state index contributed by atoms with van der Waals surface area (Å²) in [7, 11) is 1.69. The van der Waals surface area contributed by atoms with Gasteiger partial charge in [0, 0.05) is 26.7 Å². The van der Waals surface area contributed by atoms with Crippen LogP contribution in [0.4, 0.5) is 0 Å². The summed E-state index contributed by atoms with van der Waals surface area (Å²) in [6.45, 7) is 9.24. The van der Waals surface area contributed by atoms with Gasteiger partial charge in [0.25, 0.3) is 0 Å². The summed E-state index contributed by atoms with van der Waals surface area (Å²) in [6.07, 6.45) is 1.18. The lowest BCUT2D eigenvalue weighted by atomic mass is 10.1. The summed E-state index contributed by atoms with van der Waals surface area (Å²) in [5.41, 5.74) is 2.48. The molecule has 118 valence electrons. The fraction of sp³-hybridized carbons (Fsp3) is 0.529. The molecule has 1 aromatic carbocycles. The number of hydrogen-bond acceptors (Lipinski definition) is 4. The second kappa shape index (κ2) is 10.5. The minimum absolute atomic E-state index is 0.323. The van der Waals surface area contributed by atoms with Gasteiger partial charge in [-0.05, 0) is 12.5 Å². The van der Waals surface area contributed by atoms with Crippen LogP contribution in [-0.2, 0) is 16.0 Å². The Bertz CT molecular complexity index is 392. The van der Waals surface area contributed by atoms with Crippen molar-refractivity contribution >= 4 is 0 Å². The highest BCUT2D eigenvalue weighted by Crippen LogP contribution is 2.08. The topological polar surface area (TPSA) is 41.9 Å². The largest absolute Gasteiger partial charge is 0.389 e. The van der Waals surface area contributed by atoms with E-state index in [-0.39, 0.29) is 0 Å². The Morgan fingerprint density at radius 1 is 1.33 bits per heavy atom. The van der Waals surface area contributed by atoms with E-state index in [2.05, 4.69) is 42.7 Å². The maximum Gasteiger partial charge on any atom is 0.0900 e. The van der Waals surface area contributed by atoms with Crippen molar-refractivity contribution in [2.45, 2.75) is 19.6 Å². The lowest BCUT2D eigenvalue weighted by Crippen LogP contribution is -2.36. The molecule has 1 N–H and O–H groups in total. The standard InChI is InChI=1S/C17H27NO3/c1-4-10-21-14-17(19)13-18(9-11-20-3)12-16-7-5-15(2)6-8-16/h4-8,17,19H,1,9-14H2,2-3H3. The summed E-state index contributed by atoms with van der Waals surface area (Å²) in [6, 6.07) is 8.45. The summed E-state index contributed by atoms with van der Waals surface area (Å²) in [4.78, 5) is 2.18. The molecule has 4 heteroatoms. The van der Waals surface area contributed by atoms with Crippen molar-refractivity contribution in [1.29, 1.82) is 0 Å².